The molecule has 5 nitrogen and oxygen atoms in total. The quantitative estimate of drug-likeness (QED) is 0.102. The van der Waals surface area contributed by atoms with E-state index in [4.69, 9.17) is 4.98 Å². The summed E-state index contributed by atoms with van der Waals surface area (Å²) in [4.78, 5) is 12.3. The van der Waals surface area contributed by atoms with Gasteiger partial charge in [-0.1, -0.05) is 248 Å². The summed E-state index contributed by atoms with van der Waals surface area (Å²) in [6, 6.07) is 129. The third-order valence-electron chi connectivity index (χ3n) is 18.2. The first-order valence-electron chi connectivity index (χ1n) is 32.2. The normalized spacial score (nSPS) is 11.3. The Kier molecular flexibility index (Phi) is 15.0. The molecule has 0 spiro atoms. The lowest BCUT2D eigenvalue weighted by Crippen LogP contribution is -2.10. The number of nitrogens with zero attached hydrogens (tertiary/aromatic N) is 5. The number of imidazole rings is 1. The Balaban J connectivity index is 0.646. The number of anilines is 9. The largest absolute Gasteiger partial charge is 0.311 e. The number of hydrogen-bond acceptors (Lipinski definition) is 4. The molecule has 1 aromatic heterocycles. The fourth-order valence-corrected chi connectivity index (χ4v) is 13.2. The first kappa shape index (κ1) is 56.9. The van der Waals surface area contributed by atoms with Crippen LogP contribution in [0.5, 0.6) is 0 Å². The molecule has 0 aliphatic heterocycles. The average molecular weight is 1200 g/mol. The predicted octanol–water partition coefficient (Wildman–Crippen LogP) is 24.7. The predicted molar refractivity (Wildman–Crippen MR) is 397 cm³/mol. The first-order valence-corrected chi connectivity index (χ1v) is 32.2. The van der Waals surface area contributed by atoms with E-state index in [-0.39, 0.29) is 0 Å². The van der Waals surface area contributed by atoms with Crippen LogP contribution in [0.25, 0.3) is 94.2 Å². The summed E-state index contributed by atoms with van der Waals surface area (Å²) in [5.41, 5.74) is 25.8. The number of benzene rings is 15. The van der Waals surface area contributed by atoms with E-state index in [9.17, 15) is 0 Å². The highest BCUT2D eigenvalue weighted by molar-refractivity contribution is 6.01. The molecule has 0 aliphatic carbocycles. The maximum Gasteiger partial charge on any atom is 0.145 e. The van der Waals surface area contributed by atoms with Crippen LogP contribution in [0, 0.1) is 13.8 Å². The third kappa shape index (κ3) is 11.1. The van der Waals surface area contributed by atoms with Gasteiger partial charge in [-0.05, 0) is 190 Å². The molecule has 5 heteroatoms. The van der Waals surface area contributed by atoms with Crippen molar-refractivity contribution in [2.75, 3.05) is 14.7 Å². The van der Waals surface area contributed by atoms with Crippen LogP contribution in [-0.4, -0.2) is 9.55 Å². The zero-order chi connectivity index (χ0) is 62.9. The van der Waals surface area contributed by atoms with Gasteiger partial charge in [-0.3, -0.25) is 4.57 Å². The van der Waals surface area contributed by atoms with E-state index in [1.807, 2.05) is 0 Å². The van der Waals surface area contributed by atoms with Gasteiger partial charge < -0.3 is 14.7 Å². The second-order valence-corrected chi connectivity index (χ2v) is 24.2. The molecule has 16 rings (SSSR count). The zero-order valence-corrected chi connectivity index (χ0v) is 52.3. The monoisotopic (exact) mass is 1200 g/mol. The molecule has 0 aliphatic rings. The van der Waals surface area contributed by atoms with Crippen molar-refractivity contribution in [3.8, 4) is 61.6 Å². The topological polar surface area (TPSA) is 27.5 Å². The molecule has 0 unspecified atom stereocenters. The number of aromatic nitrogens is 2. The Morgan fingerprint density at radius 3 is 0.947 bits per heavy atom. The Hall–Kier alpha value is -12.3. The molecule has 446 valence electrons. The van der Waals surface area contributed by atoms with E-state index < -0.39 is 0 Å². The highest BCUT2D eigenvalue weighted by Crippen LogP contribution is 2.44. The van der Waals surface area contributed by atoms with Crippen molar-refractivity contribution >= 4 is 83.8 Å². The van der Waals surface area contributed by atoms with Crippen LogP contribution in [0.15, 0.2) is 358 Å². The lowest BCUT2D eigenvalue weighted by atomic mass is 9.99. The van der Waals surface area contributed by atoms with E-state index in [1.54, 1.807) is 0 Å². The van der Waals surface area contributed by atoms with E-state index in [0.29, 0.717) is 0 Å². The van der Waals surface area contributed by atoms with E-state index in [1.165, 1.54) is 43.8 Å². The van der Waals surface area contributed by atoms with Gasteiger partial charge >= 0.3 is 0 Å². The molecule has 0 bridgehead atoms. The number of aryl methyl sites for hydroxylation is 2. The fourth-order valence-electron chi connectivity index (χ4n) is 13.2. The summed E-state index contributed by atoms with van der Waals surface area (Å²) in [6.45, 7) is 4.26. The van der Waals surface area contributed by atoms with E-state index in [2.05, 4.69) is 391 Å². The molecule has 0 amide bonds. The zero-order valence-electron chi connectivity index (χ0n) is 52.3. The Morgan fingerprint density at radius 2 is 0.532 bits per heavy atom. The molecular weight excluding hydrogens is 1140 g/mol. The van der Waals surface area contributed by atoms with Crippen LogP contribution in [0.4, 0.5) is 51.2 Å². The fraction of sp³-hybridized carbons (Fsp3) is 0.0225. The van der Waals surface area contributed by atoms with Crippen molar-refractivity contribution in [3.63, 3.8) is 0 Å². The number of fused-ring (bicyclic) bond motifs is 3. The SMILES string of the molecule is Cc1ccc(N(c2ccc(C)cc2)c2ccc(-c3ccc(-c4ccc(-c5nc6ccccc6n5-c5ccc(-c6ccc(N(c7ccc(-c8ccc(N(c9ccccc9)c9cccc%10ccccc9%10)cc8)cc7)c7cccc8ccccc78)cc6)cc5)cc4)cc3)cc2)cc1. The maximum atomic E-state index is 5.25. The highest BCUT2D eigenvalue weighted by Gasteiger charge is 2.20. The lowest BCUT2D eigenvalue weighted by Gasteiger charge is -2.27. The molecule has 0 saturated heterocycles. The number of para-hydroxylation sites is 3. The number of rotatable bonds is 15. The van der Waals surface area contributed by atoms with Crippen molar-refractivity contribution in [3.05, 3.63) is 369 Å². The van der Waals surface area contributed by atoms with Gasteiger partial charge in [-0.15, -0.1) is 0 Å². The van der Waals surface area contributed by atoms with Crippen molar-refractivity contribution < 1.29 is 0 Å². The first-order chi connectivity index (χ1) is 46.4. The van der Waals surface area contributed by atoms with Crippen LogP contribution >= 0.6 is 0 Å². The second-order valence-electron chi connectivity index (χ2n) is 24.2. The Morgan fingerprint density at radius 1 is 0.234 bits per heavy atom. The van der Waals surface area contributed by atoms with Crippen LogP contribution in [0.2, 0.25) is 0 Å². The summed E-state index contributed by atoms with van der Waals surface area (Å²) in [5.74, 6) is 0.898. The molecule has 15 aromatic carbocycles. The smallest absolute Gasteiger partial charge is 0.145 e. The van der Waals surface area contributed by atoms with Crippen LogP contribution in [0.1, 0.15) is 11.1 Å². The average Bonchev–Trinajstić information content (AvgIpc) is 1.90. The molecule has 94 heavy (non-hydrogen) atoms. The van der Waals surface area contributed by atoms with Gasteiger partial charge in [0.1, 0.15) is 5.82 Å². The lowest BCUT2D eigenvalue weighted by molar-refractivity contribution is 1.10. The standard InChI is InChI=1S/C89H65N5/c1-62-26-48-76(49-27-62)91(77-50-28-63(2)29-51-77)78-52-38-67(39-53-78)65-32-30-64(31-33-65)66-34-36-74(37-35-66)89-90-85-22-10-11-23-88(85)94(89)82-60-46-71(47-61-82)70-44-58-81(59-45-70)93(87-25-13-17-73-15-7-9-21-84(73)87)80-56-42-69(43-57-80)68-40-54-79(55-41-68)92(75-18-4-3-5-19-75)86-24-12-16-72-14-6-8-20-83(72)86/h3-61H,1-2H3. The van der Waals surface area contributed by atoms with Gasteiger partial charge in [0.25, 0.3) is 0 Å². The summed E-state index contributed by atoms with van der Waals surface area (Å²) >= 11 is 0. The van der Waals surface area contributed by atoms with Crippen molar-refractivity contribution in [2.45, 2.75) is 13.8 Å². The van der Waals surface area contributed by atoms with E-state index in [0.717, 1.165) is 113 Å². The molecular formula is C89H65N5. The van der Waals surface area contributed by atoms with Crippen LogP contribution in [-0.2, 0) is 0 Å². The minimum Gasteiger partial charge on any atom is -0.311 e. The summed E-state index contributed by atoms with van der Waals surface area (Å²) in [5, 5.41) is 4.80. The molecule has 0 radical (unpaired) electrons. The maximum absolute atomic E-state index is 5.25. The highest BCUT2D eigenvalue weighted by atomic mass is 15.2. The van der Waals surface area contributed by atoms with Crippen LogP contribution in [0.3, 0.4) is 0 Å². The third-order valence-corrected chi connectivity index (χ3v) is 18.2. The summed E-state index contributed by atoms with van der Waals surface area (Å²) in [7, 11) is 0. The summed E-state index contributed by atoms with van der Waals surface area (Å²) < 4.78 is 2.29. The van der Waals surface area contributed by atoms with Crippen LogP contribution < -0.4 is 14.7 Å². The molecule has 0 N–H and O–H groups in total. The summed E-state index contributed by atoms with van der Waals surface area (Å²) in [6.07, 6.45) is 0. The van der Waals surface area contributed by atoms with Gasteiger partial charge in [-0.25, -0.2) is 4.98 Å². The van der Waals surface area contributed by atoms with E-state index >= 15 is 0 Å². The van der Waals surface area contributed by atoms with Crippen molar-refractivity contribution in [1.82, 2.24) is 9.55 Å². The molecule has 1 heterocycles. The number of hydrogen-bond donors (Lipinski definition) is 0. The molecule has 16 aromatic rings. The van der Waals surface area contributed by atoms with Gasteiger partial charge in [0.15, 0.2) is 0 Å². The van der Waals surface area contributed by atoms with Crippen molar-refractivity contribution in [2.24, 2.45) is 0 Å². The Labute approximate surface area is 549 Å². The minimum absolute atomic E-state index is 0.898. The van der Waals surface area contributed by atoms with Gasteiger partial charge in [0.2, 0.25) is 0 Å². The molecule has 0 atom stereocenters. The van der Waals surface area contributed by atoms with Crippen molar-refractivity contribution in [1.29, 1.82) is 0 Å². The van der Waals surface area contributed by atoms with Gasteiger partial charge in [0.05, 0.1) is 22.4 Å². The second kappa shape index (κ2) is 24.8. The van der Waals surface area contributed by atoms with Gasteiger partial charge in [0, 0.05) is 61.8 Å². The Bertz CT molecular complexity index is 5260. The molecule has 0 fully saturated rings. The molecule has 0 saturated carbocycles. The minimum atomic E-state index is 0.898. The van der Waals surface area contributed by atoms with Gasteiger partial charge in [-0.2, -0.15) is 0 Å².